The predicted octanol–water partition coefficient (Wildman–Crippen LogP) is 2.35. The SMILES string of the molecule is Cc1ccccc1C(=O)N1CCN(C(=O)CCCCCNc2ccc3c(c2)C(=O)N(C2CCC(=O)NC2=O)C3=O)CC1. The summed E-state index contributed by atoms with van der Waals surface area (Å²) < 4.78 is 0. The van der Waals surface area contributed by atoms with E-state index in [1.54, 1.807) is 18.2 Å². The van der Waals surface area contributed by atoms with Crippen LogP contribution in [0.15, 0.2) is 42.5 Å². The van der Waals surface area contributed by atoms with Gasteiger partial charge >= 0.3 is 0 Å². The van der Waals surface area contributed by atoms with Gasteiger partial charge in [-0.2, -0.15) is 0 Å². The van der Waals surface area contributed by atoms with E-state index in [4.69, 9.17) is 0 Å². The molecule has 2 aromatic rings. The van der Waals surface area contributed by atoms with Crippen molar-refractivity contribution in [2.24, 2.45) is 0 Å². The number of imide groups is 2. The van der Waals surface area contributed by atoms with Crippen LogP contribution in [0.25, 0.3) is 0 Å². The minimum absolute atomic E-state index is 0.0127. The first-order valence-electron chi connectivity index (χ1n) is 14.5. The molecular formula is C31H35N5O6. The maximum atomic E-state index is 13.0. The summed E-state index contributed by atoms with van der Waals surface area (Å²) in [7, 11) is 0. The monoisotopic (exact) mass is 573 g/mol. The maximum Gasteiger partial charge on any atom is 0.262 e. The first-order chi connectivity index (χ1) is 20.2. The summed E-state index contributed by atoms with van der Waals surface area (Å²) in [5.41, 5.74) is 2.83. The Hall–Kier alpha value is -4.54. The molecule has 0 saturated carbocycles. The third kappa shape index (κ3) is 6.05. The number of carbonyl (C=O) groups is 6. The number of amides is 6. The van der Waals surface area contributed by atoms with E-state index in [1.165, 1.54) is 0 Å². The van der Waals surface area contributed by atoms with Gasteiger partial charge in [0.1, 0.15) is 6.04 Å². The van der Waals surface area contributed by atoms with Crippen molar-refractivity contribution in [3.8, 4) is 0 Å². The zero-order chi connectivity index (χ0) is 29.8. The standard InChI is InChI=1S/C31H35N5O6/c1-20-7-4-5-8-22(20)29(40)35-17-15-34(16-18-35)27(38)9-3-2-6-14-32-21-10-11-23-24(19-21)31(42)36(30(23)41)25-12-13-26(37)33-28(25)39/h4-5,7-8,10-11,19,25,32H,2-3,6,9,12-18H2,1H3,(H,33,37,39). The molecule has 0 radical (unpaired) electrons. The maximum absolute atomic E-state index is 13.0. The summed E-state index contributed by atoms with van der Waals surface area (Å²) in [6, 6.07) is 11.5. The van der Waals surface area contributed by atoms with E-state index in [2.05, 4.69) is 10.6 Å². The largest absolute Gasteiger partial charge is 0.385 e. The average Bonchev–Trinajstić information content (AvgIpc) is 3.23. The molecule has 0 spiro atoms. The van der Waals surface area contributed by atoms with Gasteiger partial charge in [-0.25, -0.2) is 0 Å². The third-order valence-electron chi connectivity index (χ3n) is 8.13. The molecule has 42 heavy (non-hydrogen) atoms. The van der Waals surface area contributed by atoms with E-state index >= 15 is 0 Å². The van der Waals surface area contributed by atoms with Crippen molar-refractivity contribution < 1.29 is 28.8 Å². The summed E-state index contributed by atoms with van der Waals surface area (Å²) in [5.74, 6) is -1.99. The van der Waals surface area contributed by atoms with E-state index in [0.717, 1.165) is 29.7 Å². The fourth-order valence-corrected chi connectivity index (χ4v) is 5.69. The Morgan fingerprint density at radius 1 is 0.881 bits per heavy atom. The van der Waals surface area contributed by atoms with Crippen LogP contribution in [0.1, 0.15) is 75.2 Å². The molecule has 3 aliphatic heterocycles. The van der Waals surface area contributed by atoms with Crippen molar-refractivity contribution >= 4 is 41.1 Å². The first kappa shape index (κ1) is 29.0. The van der Waals surface area contributed by atoms with Gasteiger partial charge in [0.2, 0.25) is 17.7 Å². The molecule has 3 aliphatic rings. The van der Waals surface area contributed by atoms with E-state index in [1.807, 2.05) is 41.0 Å². The van der Waals surface area contributed by atoms with Gasteiger partial charge < -0.3 is 15.1 Å². The summed E-state index contributed by atoms with van der Waals surface area (Å²) in [4.78, 5) is 79.6. The summed E-state index contributed by atoms with van der Waals surface area (Å²) >= 11 is 0. The number of carbonyl (C=O) groups excluding carboxylic acids is 6. The second-order valence-electron chi connectivity index (χ2n) is 10.9. The Kier molecular flexibility index (Phi) is 8.65. The van der Waals surface area contributed by atoms with Gasteiger partial charge in [0.25, 0.3) is 17.7 Å². The fourth-order valence-electron chi connectivity index (χ4n) is 5.69. The number of aryl methyl sites for hydroxylation is 1. The van der Waals surface area contributed by atoms with Gasteiger partial charge in [0, 0.05) is 56.8 Å². The van der Waals surface area contributed by atoms with Crippen molar-refractivity contribution in [2.75, 3.05) is 38.0 Å². The number of anilines is 1. The van der Waals surface area contributed by atoms with Gasteiger partial charge in [-0.05, 0) is 56.0 Å². The highest BCUT2D eigenvalue weighted by Crippen LogP contribution is 2.29. The number of fused-ring (bicyclic) bond motifs is 1. The molecule has 2 N–H and O–H groups in total. The van der Waals surface area contributed by atoms with Crippen molar-refractivity contribution in [2.45, 2.75) is 51.5 Å². The average molecular weight is 574 g/mol. The number of unbranched alkanes of at least 4 members (excludes halogenated alkanes) is 2. The Morgan fingerprint density at radius 3 is 2.33 bits per heavy atom. The molecule has 0 aliphatic carbocycles. The lowest BCUT2D eigenvalue weighted by Crippen LogP contribution is -2.54. The fraction of sp³-hybridized carbons (Fsp3) is 0.419. The van der Waals surface area contributed by atoms with Crippen LogP contribution in [0.5, 0.6) is 0 Å². The number of rotatable bonds is 9. The minimum atomic E-state index is -0.987. The number of hydrogen-bond acceptors (Lipinski definition) is 7. The van der Waals surface area contributed by atoms with Gasteiger partial charge in [-0.3, -0.25) is 39.0 Å². The van der Waals surface area contributed by atoms with Crippen LogP contribution in [0.3, 0.4) is 0 Å². The van der Waals surface area contributed by atoms with Crippen LogP contribution in [0.2, 0.25) is 0 Å². The van der Waals surface area contributed by atoms with Gasteiger partial charge in [-0.1, -0.05) is 24.6 Å². The number of piperazine rings is 1. The van der Waals surface area contributed by atoms with Crippen LogP contribution in [0, 0.1) is 6.92 Å². The number of nitrogens with zero attached hydrogens (tertiary/aromatic N) is 3. The number of nitrogens with one attached hydrogen (secondary N) is 2. The molecule has 220 valence electrons. The molecule has 11 nitrogen and oxygen atoms in total. The molecule has 6 amide bonds. The number of benzene rings is 2. The molecule has 1 unspecified atom stereocenters. The predicted molar refractivity (Wildman–Crippen MR) is 154 cm³/mol. The lowest BCUT2D eigenvalue weighted by molar-refractivity contribution is -0.136. The first-order valence-corrected chi connectivity index (χ1v) is 14.5. The highest BCUT2D eigenvalue weighted by Gasteiger charge is 2.44. The molecule has 11 heteroatoms. The van der Waals surface area contributed by atoms with E-state index in [-0.39, 0.29) is 35.8 Å². The van der Waals surface area contributed by atoms with E-state index in [0.29, 0.717) is 50.4 Å². The number of hydrogen-bond donors (Lipinski definition) is 2. The van der Waals surface area contributed by atoms with Gasteiger partial charge in [-0.15, -0.1) is 0 Å². The Balaban J connectivity index is 1.02. The van der Waals surface area contributed by atoms with Crippen molar-refractivity contribution in [1.82, 2.24) is 20.0 Å². The zero-order valence-electron chi connectivity index (χ0n) is 23.7. The lowest BCUT2D eigenvalue weighted by Gasteiger charge is -2.35. The van der Waals surface area contributed by atoms with Crippen molar-refractivity contribution in [3.63, 3.8) is 0 Å². The summed E-state index contributed by atoms with van der Waals surface area (Å²) in [5, 5.41) is 5.46. The molecule has 5 rings (SSSR count). The highest BCUT2D eigenvalue weighted by molar-refractivity contribution is 6.23. The van der Waals surface area contributed by atoms with E-state index < -0.39 is 29.7 Å². The summed E-state index contributed by atoms with van der Waals surface area (Å²) in [6.45, 7) is 4.70. The Bertz CT molecular complexity index is 1430. The Morgan fingerprint density at radius 2 is 1.60 bits per heavy atom. The second-order valence-corrected chi connectivity index (χ2v) is 10.9. The topological polar surface area (TPSA) is 136 Å². The van der Waals surface area contributed by atoms with Crippen LogP contribution >= 0.6 is 0 Å². The normalized spacial score (nSPS) is 18.7. The van der Waals surface area contributed by atoms with Crippen LogP contribution in [0.4, 0.5) is 5.69 Å². The molecule has 2 saturated heterocycles. The van der Waals surface area contributed by atoms with Crippen molar-refractivity contribution in [3.05, 3.63) is 64.7 Å². The van der Waals surface area contributed by atoms with Crippen LogP contribution in [-0.2, 0) is 14.4 Å². The number of piperidine rings is 1. The molecule has 2 aromatic carbocycles. The van der Waals surface area contributed by atoms with Gasteiger partial charge in [0.15, 0.2) is 0 Å². The Labute approximate surface area is 244 Å². The minimum Gasteiger partial charge on any atom is -0.385 e. The lowest BCUT2D eigenvalue weighted by atomic mass is 10.0. The second kappa shape index (κ2) is 12.5. The summed E-state index contributed by atoms with van der Waals surface area (Å²) in [6.07, 6.45) is 3.06. The highest BCUT2D eigenvalue weighted by atomic mass is 16.2. The molecule has 0 aromatic heterocycles. The zero-order valence-corrected chi connectivity index (χ0v) is 23.7. The third-order valence-corrected chi connectivity index (χ3v) is 8.13. The molecule has 0 bridgehead atoms. The van der Waals surface area contributed by atoms with E-state index in [9.17, 15) is 28.8 Å². The van der Waals surface area contributed by atoms with Crippen LogP contribution in [-0.4, -0.2) is 88.9 Å². The molecular weight excluding hydrogens is 538 g/mol. The van der Waals surface area contributed by atoms with Gasteiger partial charge in [0.05, 0.1) is 11.1 Å². The smallest absolute Gasteiger partial charge is 0.262 e. The molecule has 2 fully saturated rings. The molecule has 3 heterocycles. The molecule has 1 atom stereocenters. The van der Waals surface area contributed by atoms with Crippen molar-refractivity contribution in [1.29, 1.82) is 0 Å². The van der Waals surface area contributed by atoms with Crippen LogP contribution < -0.4 is 10.6 Å². The quantitative estimate of drug-likeness (QED) is 0.347.